The summed E-state index contributed by atoms with van der Waals surface area (Å²) in [5.74, 6) is 0. The lowest BCUT2D eigenvalue weighted by Crippen LogP contribution is -2.25. The number of hydrogen-bond acceptors (Lipinski definition) is 4. The molecule has 0 heterocycles. The Balaban J connectivity index is 3.22. The van der Waals surface area contributed by atoms with Gasteiger partial charge in [-0.2, -0.15) is 13.2 Å². The first kappa shape index (κ1) is 13.7. The summed E-state index contributed by atoms with van der Waals surface area (Å²) in [6, 6.07) is 0.739. The van der Waals surface area contributed by atoms with Crippen molar-refractivity contribution in [2.45, 2.75) is 6.18 Å². The Labute approximate surface area is 97.3 Å². The summed E-state index contributed by atoms with van der Waals surface area (Å²) in [5, 5.41) is 20.4. The highest BCUT2D eigenvalue weighted by atomic mass is 19.4. The van der Waals surface area contributed by atoms with Crippen molar-refractivity contribution in [2.24, 2.45) is 0 Å². The maximum absolute atomic E-state index is 12.5. The van der Waals surface area contributed by atoms with E-state index in [0.29, 0.717) is 12.1 Å². The number of urea groups is 1. The van der Waals surface area contributed by atoms with Crippen molar-refractivity contribution in [3.63, 3.8) is 0 Å². The standard InChI is InChI=1S/C8H6F3N3O4/c9-8(10,11)5-3-4(12-7(15)13-16)1-2-6(5)14(17)18/h1-3,16H,(H2,12,13,15). The number of halogens is 3. The van der Waals surface area contributed by atoms with Gasteiger partial charge in [0.25, 0.3) is 5.69 Å². The normalized spacial score (nSPS) is 10.9. The Morgan fingerprint density at radius 3 is 2.44 bits per heavy atom. The van der Waals surface area contributed by atoms with Gasteiger partial charge in [-0.15, -0.1) is 0 Å². The van der Waals surface area contributed by atoms with Crippen LogP contribution in [0.3, 0.4) is 0 Å². The summed E-state index contributed by atoms with van der Waals surface area (Å²) in [7, 11) is 0. The molecule has 0 saturated heterocycles. The maximum atomic E-state index is 12.5. The van der Waals surface area contributed by atoms with Gasteiger partial charge >= 0.3 is 12.2 Å². The highest BCUT2D eigenvalue weighted by Gasteiger charge is 2.38. The topological polar surface area (TPSA) is 104 Å². The lowest BCUT2D eigenvalue weighted by atomic mass is 10.1. The van der Waals surface area contributed by atoms with Gasteiger partial charge in [0.15, 0.2) is 0 Å². The van der Waals surface area contributed by atoms with Gasteiger partial charge in [0.2, 0.25) is 0 Å². The van der Waals surface area contributed by atoms with Gasteiger partial charge in [-0.1, -0.05) is 0 Å². The van der Waals surface area contributed by atoms with Gasteiger partial charge < -0.3 is 5.32 Å². The molecule has 0 spiro atoms. The molecule has 3 N–H and O–H groups in total. The third-order valence-corrected chi connectivity index (χ3v) is 1.86. The molecule has 0 saturated carbocycles. The molecule has 1 aromatic rings. The minimum atomic E-state index is -4.93. The lowest BCUT2D eigenvalue weighted by Gasteiger charge is -2.10. The second kappa shape index (κ2) is 4.87. The molecule has 1 rings (SSSR count). The molecule has 0 aliphatic rings. The van der Waals surface area contributed by atoms with Crippen LogP contribution in [0.15, 0.2) is 18.2 Å². The Morgan fingerprint density at radius 1 is 1.39 bits per heavy atom. The summed E-state index contributed by atoms with van der Waals surface area (Å²) in [5.41, 5.74) is -1.83. The quantitative estimate of drug-likeness (QED) is 0.432. The van der Waals surface area contributed by atoms with Gasteiger partial charge in [-0.25, -0.2) is 10.3 Å². The summed E-state index contributed by atoms with van der Waals surface area (Å²) in [6.07, 6.45) is -4.93. The first-order valence-corrected chi connectivity index (χ1v) is 4.32. The summed E-state index contributed by atoms with van der Waals surface area (Å²) < 4.78 is 37.6. The predicted molar refractivity (Wildman–Crippen MR) is 52.0 cm³/mol. The molecule has 2 amide bonds. The number of nitrogens with one attached hydrogen (secondary N) is 2. The molecular weight excluding hydrogens is 259 g/mol. The molecule has 0 aliphatic heterocycles. The van der Waals surface area contributed by atoms with Gasteiger partial charge in [0.05, 0.1) is 4.92 Å². The Morgan fingerprint density at radius 2 is 2.00 bits per heavy atom. The van der Waals surface area contributed by atoms with Crippen LogP contribution >= 0.6 is 0 Å². The number of anilines is 1. The van der Waals surface area contributed by atoms with Crippen LogP contribution < -0.4 is 10.8 Å². The Hall–Kier alpha value is -2.36. The molecule has 0 atom stereocenters. The molecule has 10 heteroatoms. The average molecular weight is 265 g/mol. The van der Waals surface area contributed by atoms with Crippen LogP contribution in [0, 0.1) is 10.1 Å². The van der Waals surface area contributed by atoms with E-state index in [1.54, 1.807) is 0 Å². The Kier molecular flexibility index (Phi) is 3.71. The van der Waals surface area contributed by atoms with Crippen molar-refractivity contribution in [1.29, 1.82) is 0 Å². The van der Waals surface area contributed by atoms with E-state index in [9.17, 15) is 28.1 Å². The van der Waals surface area contributed by atoms with E-state index in [1.165, 1.54) is 0 Å². The van der Waals surface area contributed by atoms with Crippen molar-refractivity contribution in [1.82, 2.24) is 5.48 Å². The van der Waals surface area contributed by atoms with Crippen LogP contribution in [-0.2, 0) is 6.18 Å². The Bertz CT molecular complexity index is 489. The largest absolute Gasteiger partial charge is 0.423 e. The monoisotopic (exact) mass is 265 g/mol. The van der Waals surface area contributed by atoms with Crippen LogP contribution in [0.2, 0.25) is 0 Å². The van der Waals surface area contributed by atoms with Gasteiger partial charge in [-0.05, 0) is 12.1 Å². The number of nitro groups is 1. The van der Waals surface area contributed by atoms with Crippen LogP contribution in [0.5, 0.6) is 0 Å². The van der Waals surface area contributed by atoms with E-state index in [4.69, 9.17) is 5.21 Å². The summed E-state index contributed by atoms with van der Waals surface area (Å²) in [6.45, 7) is 0. The van der Waals surface area contributed by atoms with E-state index in [2.05, 4.69) is 0 Å². The van der Waals surface area contributed by atoms with Crippen LogP contribution in [0.4, 0.5) is 29.3 Å². The zero-order valence-electron chi connectivity index (χ0n) is 8.49. The molecule has 0 radical (unpaired) electrons. The molecule has 1 aromatic carbocycles. The second-order valence-corrected chi connectivity index (χ2v) is 3.05. The van der Waals surface area contributed by atoms with E-state index in [1.807, 2.05) is 5.32 Å². The van der Waals surface area contributed by atoms with Gasteiger partial charge in [0, 0.05) is 11.8 Å². The van der Waals surface area contributed by atoms with Gasteiger partial charge in [0.1, 0.15) is 5.56 Å². The zero-order valence-corrected chi connectivity index (χ0v) is 8.49. The average Bonchev–Trinajstić information content (AvgIpc) is 2.27. The summed E-state index contributed by atoms with van der Waals surface area (Å²) in [4.78, 5) is 19.9. The highest BCUT2D eigenvalue weighted by molar-refractivity contribution is 5.88. The molecule has 0 fully saturated rings. The molecule has 98 valence electrons. The lowest BCUT2D eigenvalue weighted by molar-refractivity contribution is -0.388. The molecular formula is C8H6F3N3O4. The number of alkyl halides is 3. The van der Waals surface area contributed by atoms with Crippen LogP contribution in [0.25, 0.3) is 0 Å². The fourth-order valence-electron chi connectivity index (χ4n) is 1.16. The van der Waals surface area contributed by atoms with E-state index in [-0.39, 0.29) is 5.69 Å². The zero-order chi connectivity index (χ0) is 13.9. The summed E-state index contributed by atoms with van der Waals surface area (Å²) >= 11 is 0. The van der Waals surface area contributed by atoms with Crippen molar-refractivity contribution in [3.05, 3.63) is 33.9 Å². The van der Waals surface area contributed by atoms with Crippen molar-refractivity contribution in [3.8, 4) is 0 Å². The second-order valence-electron chi connectivity index (χ2n) is 3.05. The number of rotatable bonds is 2. The smallest absolute Gasteiger partial charge is 0.306 e. The third kappa shape index (κ3) is 3.07. The van der Waals surface area contributed by atoms with Crippen molar-refractivity contribution >= 4 is 17.4 Å². The number of hydroxylamine groups is 1. The predicted octanol–water partition coefficient (Wildman–Crippen LogP) is 2.12. The molecule has 0 bridgehead atoms. The molecule has 7 nitrogen and oxygen atoms in total. The number of nitro benzene ring substituents is 1. The molecule has 0 aliphatic carbocycles. The fraction of sp³-hybridized carbons (Fsp3) is 0.125. The van der Waals surface area contributed by atoms with Crippen molar-refractivity contribution < 1.29 is 28.1 Å². The minimum absolute atomic E-state index is 0.348. The van der Waals surface area contributed by atoms with E-state index in [0.717, 1.165) is 11.5 Å². The first-order chi connectivity index (χ1) is 8.25. The number of amides is 2. The molecule has 0 unspecified atom stereocenters. The van der Waals surface area contributed by atoms with Gasteiger partial charge in [-0.3, -0.25) is 15.3 Å². The number of hydrogen-bond donors (Lipinski definition) is 3. The highest BCUT2D eigenvalue weighted by Crippen LogP contribution is 2.37. The van der Waals surface area contributed by atoms with E-state index >= 15 is 0 Å². The number of carbonyl (C=O) groups is 1. The van der Waals surface area contributed by atoms with Crippen LogP contribution in [0.1, 0.15) is 5.56 Å². The first-order valence-electron chi connectivity index (χ1n) is 4.32. The number of benzene rings is 1. The number of nitrogens with zero attached hydrogens (tertiary/aromatic N) is 1. The molecule has 18 heavy (non-hydrogen) atoms. The fourth-order valence-corrected chi connectivity index (χ4v) is 1.16. The molecule has 0 aromatic heterocycles. The third-order valence-electron chi connectivity index (χ3n) is 1.86. The number of carbonyl (C=O) groups excluding carboxylic acids is 1. The minimum Gasteiger partial charge on any atom is -0.306 e. The van der Waals surface area contributed by atoms with E-state index < -0.39 is 28.4 Å². The SMILES string of the molecule is O=C(NO)Nc1ccc([N+](=O)[O-])c(C(F)(F)F)c1. The van der Waals surface area contributed by atoms with Crippen LogP contribution in [-0.4, -0.2) is 16.2 Å². The maximum Gasteiger partial charge on any atom is 0.423 e. The van der Waals surface area contributed by atoms with Crippen molar-refractivity contribution in [2.75, 3.05) is 5.32 Å².